The Kier molecular flexibility index (Phi) is 3.13. The van der Waals surface area contributed by atoms with Gasteiger partial charge in [-0.05, 0) is 0 Å². The fraction of sp³-hybridized carbons (Fsp3) is 0. The Bertz CT molecular complexity index is 83.8. The molecule has 0 unspecified atom stereocenters. The van der Waals surface area contributed by atoms with Crippen LogP contribution in [0.3, 0.4) is 0 Å². The summed E-state index contributed by atoms with van der Waals surface area (Å²) in [5.74, 6) is 0. The smallest absolute Gasteiger partial charge is 0.322 e. The van der Waals surface area contributed by atoms with Crippen molar-refractivity contribution in [2.24, 2.45) is 5.73 Å². The van der Waals surface area contributed by atoms with Gasteiger partial charge in [-0.3, -0.25) is 9.52 Å². The van der Waals surface area contributed by atoms with Gasteiger partial charge in [0, 0.05) is 11.9 Å². The third kappa shape index (κ3) is 5.29. The fourth-order valence-electron chi connectivity index (χ4n) is 0.0821. The van der Waals surface area contributed by atoms with E-state index in [-0.39, 0.29) is 0 Å². The number of carbonyl (C=O) groups is 2. The van der Waals surface area contributed by atoms with Gasteiger partial charge in [-0.1, -0.05) is 0 Å². The summed E-state index contributed by atoms with van der Waals surface area (Å²) in [6.45, 7) is 0. The number of amides is 2. The molecule has 0 saturated carbocycles. The Hall–Kier alpha value is -0.710. The molecule has 0 heterocycles. The second-order valence-corrected chi connectivity index (χ2v) is 1.31. The second kappa shape index (κ2) is 3.48. The lowest BCUT2D eigenvalue weighted by Crippen LogP contribution is -2.22. The van der Waals surface area contributed by atoms with E-state index < -0.39 is 6.03 Å². The molecule has 0 bridgehead atoms. The Morgan fingerprint density at radius 1 is 1.86 bits per heavy atom. The first kappa shape index (κ1) is 6.29. The van der Waals surface area contributed by atoms with E-state index in [0.717, 1.165) is 0 Å². The van der Waals surface area contributed by atoms with Crippen molar-refractivity contribution in [2.75, 3.05) is 0 Å². The maximum absolute atomic E-state index is 9.69. The van der Waals surface area contributed by atoms with Gasteiger partial charge in [0.15, 0.2) is 5.62 Å². The molecule has 0 aromatic rings. The predicted molar refractivity (Wildman–Crippen MR) is 27.1 cm³/mol. The van der Waals surface area contributed by atoms with Crippen molar-refractivity contribution in [1.29, 1.82) is 0 Å². The van der Waals surface area contributed by atoms with E-state index in [4.69, 9.17) is 0 Å². The summed E-state index contributed by atoms with van der Waals surface area (Å²) in [6.07, 6.45) is 0. The van der Waals surface area contributed by atoms with Crippen molar-refractivity contribution < 1.29 is 9.59 Å². The molecule has 4 nitrogen and oxygen atoms in total. The van der Waals surface area contributed by atoms with Gasteiger partial charge in [-0.2, -0.15) is 0 Å². The Balaban J connectivity index is 2.97. The van der Waals surface area contributed by atoms with Gasteiger partial charge in [-0.15, -0.1) is 0 Å². The minimum absolute atomic E-state index is 0.477. The molecule has 3 N–H and O–H groups in total. The number of rotatable bonds is 2. The van der Waals surface area contributed by atoms with E-state index in [1.165, 1.54) is 0 Å². The Labute approximate surface area is 44.6 Å². The number of urea groups is 1. The molecule has 0 spiro atoms. The molecular weight excluding hydrogens is 116 g/mol. The average Bonchev–Trinajstić information content (AvgIpc) is 1.61. The second-order valence-electron chi connectivity index (χ2n) is 0.680. The lowest BCUT2D eigenvalue weighted by molar-refractivity contribution is 0.254. The summed E-state index contributed by atoms with van der Waals surface area (Å²) < 4.78 is 1.98. The average molecular weight is 120 g/mol. The molecule has 2 amide bonds. The molecule has 0 saturated heterocycles. The number of hydrogen-bond donors (Lipinski definition) is 2. The molecule has 0 aliphatic heterocycles. The van der Waals surface area contributed by atoms with Crippen molar-refractivity contribution >= 4 is 23.6 Å². The van der Waals surface area contributed by atoms with E-state index >= 15 is 0 Å². The third-order valence-electron chi connectivity index (χ3n) is 0.208. The zero-order valence-electron chi connectivity index (χ0n) is 3.38. The molecule has 0 fully saturated rings. The van der Waals surface area contributed by atoms with Crippen LogP contribution < -0.4 is 10.5 Å². The van der Waals surface area contributed by atoms with Crippen molar-refractivity contribution in [3.8, 4) is 0 Å². The van der Waals surface area contributed by atoms with Crippen molar-refractivity contribution in [3.05, 3.63) is 0 Å². The van der Waals surface area contributed by atoms with E-state index in [0.29, 0.717) is 17.6 Å². The first-order valence-electron chi connectivity index (χ1n) is 1.42. The number of nitrogens with one attached hydrogen (secondary N) is 1. The molecular formula is C2H4N2O2S. The van der Waals surface area contributed by atoms with Crippen LogP contribution in [0.15, 0.2) is 0 Å². The lowest BCUT2D eigenvalue weighted by Gasteiger charge is -1.86. The highest BCUT2D eigenvalue weighted by molar-refractivity contribution is 8.10. The van der Waals surface area contributed by atoms with Crippen LogP contribution in [0.5, 0.6) is 0 Å². The summed E-state index contributed by atoms with van der Waals surface area (Å²) in [4.78, 5) is 19.1. The van der Waals surface area contributed by atoms with Crippen LogP contribution in [0, 0.1) is 0 Å². The van der Waals surface area contributed by atoms with Gasteiger partial charge in [0.25, 0.3) is 0 Å². The van der Waals surface area contributed by atoms with Crippen LogP contribution in [0.4, 0.5) is 4.79 Å². The third-order valence-corrected chi connectivity index (χ3v) is 0.623. The molecule has 0 aromatic carbocycles. The molecule has 40 valence electrons. The molecule has 5 heteroatoms. The van der Waals surface area contributed by atoms with Gasteiger partial charge in [0.1, 0.15) is 0 Å². The van der Waals surface area contributed by atoms with E-state index in [1.54, 1.807) is 0 Å². The summed E-state index contributed by atoms with van der Waals surface area (Å²) in [7, 11) is 0. The van der Waals surface area contributed by atoms with E-state index in [2.05, 4.69) is 5.73 Å². The van der Waals surface area contributed by atoms with E-state index in [1.807, 2.05) is 4.72 Å². The van der Waals surface area contributed by atoms with Crippen molar-refractivity contribution in [1.82, 2.24) is 4.72 Å². The maximum Gasteiger partial charge on any atom is 0.322 e. The summed E-state index contributed by atoms with van der Waals surface area (Å²) in [6, 6.07) is -0.711. The van der Waals surface area contributed by atoms with Crippen LogP contribution in [0.2, 0.25) is 0 Å². The number of hydrogen-bond acceptors (Lipinski definition) is 3. The van der Waals surface area contributed by atoms with Crippen molar-refractivity contribution in [2.45, 2.75) is 0 Å². The van der Waals surface area contributed by atoms with Gasteiger partial charge in [0.2, 0.25) is 0 Å². The topological polar surface area (TPSA) is 72.2 Å². The molecule has 0 aliphatic rings. The van der Waals surface area contributed by atoms with Crippen molar-refractivity contribution in [3.63, 3.8) is 0 Å². The normalized spacial score (nSPS) is 7.43. The maximum atomic E-state index is 9.69. The SMILES string of the molecule is NC(=O)NSC=O. The van der Waals surface area contributed by atoms with E-state index in [9.17, 15) is 9.59 Å². The Morgan fingerprint density at radius 2 is 2.43 bits per heavy atom. The molecule has 7 heavy (non-hydrogen) atoms. The summed E-state index contributed by atoms with van der Waals surface area (Å²) in [5.41, 5.74) is 5.03. The van der Waals surface area contributed by atoms with Crippen LogP contribution >= 0.6 is 11.9 Å². The van der Waals surface area contributed by atoms with Gasteiger partial charge < -0.3 is 5.73 Å². The largest absolute Gasteiger partial charge is 0.351 e. The number of carbonyl (C=O) groups excluding carboxylic acids is 2. The van der Waals surface area contributed by atoms with Gasteiger partial charge >= 0.3 is 6.03 Å². The molecule has 0 radical (unpaired) electrons. The zero-order chi connectivity index (χ0) is 5.70. The molecule has 0 atom stereocenters. The molecule has 0 rings (SSSR count). The van der Waals surface area contributed by atoms with Crippen LogP contribution in [-0.2, 0) is 4.79 Å². The van der Waals surface area contributed by atoms with Crippen LogP contribution in [0.1, 0.15) is 0 Å². The minimum atomic E-state index is -0.711. The first-order chi connectivity index (χ1) is 3.27. The highest BCUT2D eigenvalue weighted by Crippen LogP contribution is 1.78. The summed E-state index contributed by atoms with van der Waals surface area (Å²) >= 11 is 0.611. The lowest BCUT2D eigenvalue weighted by atomic mass is 11.2. The highest BCUT2D eigenvalue weighted by Gasteiger charge is 1.84. The number of nitrogens with two attached hydrogens (primary N) is 1. The van der Waals surface area contributed by atoms with Gasteiger partial charge in [0.05, 0.1) is 0 Å². The quantitative estimate of drug-likeness (QED) is 0.381. The Morgan fingerprint density at radius 3 is 2.57 bits per heavy atom. The highest BCUT2D eigenvalue weighted by atomic mass is 32.2. The monoisotopic (exact) mass is 120 g/mol. The predicted octanol–water partition coefficient (Wildman–Crippen LogP) is -0.507. The minimum Gasteiger partial charge on any atom is -0.351 e. The van der Waals surface area contributed by atoms with Crippen LogP contribution in [-0.4, -0.2) is 11.6 Å². The van der Waals surface area contributed by atoms with Crippen LogP contribution in [0.25, 0.3) is 0 Å². The number of primary amides is 1. The van der Waals surface area contributed by atoms with Gasteiger partial charge in [-0.25, -0.2) is 4.79 Å². The first-order valence-corrected chi connectivity index (χ1v) is 2.30. The molecule has 0 aromatic heterocycles. The molecule has 0 aliphatic carbocycles. The summed E-state index contributed by atoms with van der Waals surface area (Å²) in [5, 5.41) is 0. The standard InChI is InChI=1S/C2H4N2O2S/c3-2(6)4-7-1-5/h1H,(H3,3,4,6). The zero-order valence-corrected chi connectivity index (χ0v) is 4.20. The fourth-order valence-corrected chi connectivity index (χ4v) is 0.246.